The van der Waals surface area contributed by atoms with Crippen LogP contribution in [-0.2, 0) is 9.59 Å². The zero-order valence-electron chi connectivity index (χ0n) is 11.4. The van der Waals surface area contributed by atoms with Crippen LogP contribution < -0.4 is 10.6 Å². The van der Waals surface area contributed by atoms with Gasteiger partial charge in [-0.1, -0.05) is 36.7 Å². The Morgan fingerprint density at radius 1 is 1.11 bits per heavy atom. The minimum Gasteiger partial charge on any atom is -0.326 e. The predicted octanol–water partition coefficient (Wildman–Crippen LogP) is 3.39. The number of nitrogens with one attached hydrogen (secondary N) is 2. The molecule has 1 aromatic rings. The van der Waals surface area contributed by atoms with Crippen LogP contribution in [0.2, 0.25) is 0 Å². The van der Waals surface area contributed by atoms with E-state index in [4.69, 9.17) is 0 Å². The third-order valence-corrected chi connectivity index (χ3v) is 4.07. The van der Waals surface area contributed by atoms with E-state index in [0.29, 0.717) is 12.1 Å². The van der Waals surface area contributed by atoms with Crippen LogP contribution in [0.25, 0.3) is 0 Å². The average molecular weight is 327 g/mol. The molecule has 0 aliphatic rings. The second-order valence-electron chi connectivity index (χ2n) is 4.61. The Bertz CT molecular complexity index is 443. The summed E-state index contributed by atoms with van der Waals surface area (Å²) in [6.45, 7) is 5.75. The first-order valence-electron chi connectivity index (χ1n) is 6.29. The summed E-state index contributed by atoms with van der Waals surface area (Å²) >= 11 is 3.35. The van der Waals surface area contributed by atoms with Crippen LogP contribution in [0.1, 0.15) is 27.2 Å². The van der Waals surface area contributed by atoms with Crippen molar-refractivity contribution in [3.05, 3.63) is 24.3 Å². The summed E-state index contributed by atoms with van der Waals surface area (Å²) in [5.41, 5.74) is 1.44. The van der Waals surface area contributed by atoms with E-state index < -0.39 is 0 Å². The Balaban J connectivity index is 2.62. The van der Waals surface area contributed by atoms with Gasteiger partial charge in [0.1, 0.15) is 0 Å². The van der Waals surface area contributed by atoms with Crippen molar-refractivity contribution in [3.8, 4) is 0 Å². The van der Waals surface area contributed by atoms with Gasteiger partial charge in [0, 0.05) is 17.8 Å². The molecule has 104 valence electrons. The van der Waals surface area contributed by atoms with Crippen molar-refractivity contribution < 1.29 is 9.59 Å². The van der Waals surface area contributed by atoms with Gasteiger partial charge in [-0.05, 0) is 30.2 Å². The molecule has 0 radical (unpaired) electrons. The van der Waals surface area contributed by atoms with E-state index in [1.165, 1.54) is 0 Å². The molecule has 1 rings (SSSR count). The first-order chi connectivity index (χ1) is 8.93. The zero-order valence-corrected chi connectivity index (χ0v) is 13.0. The number of halogens is 1. The molecule has 0 aliphatic heterocycles. The van der Waals surface area contributed by atoms with Gasteiger partial charge in [0.2, 0.25) is 11.8 Å². The third-order valence-electron chi connectivity index (χ3n) is 2.59. The normalized spacial score (nSPS) is 12.1. The van der Waals surface area contributed by atoms with E-state index in [1.54, 1.807) is 31.2 Å². The number of carbonyl (C=O) groups is 2. The maximum Gasteiger partial charge on any atom is 0.238 e. The molecule has 0 bridgehead atoms. The monoisotopic (exact) mass is 326 g/mol. The summed E-state index contributed by atoms with van der Waals surface area (Å²) in [5, 5.41) is 5.57. The summed E-state index contributed by atoms with van der Waals surface area (Å²) in [4.78, 5) is 22.8. The summed E-state index contributed by atoms with van der Waals surface area (Å²) in [6, 6.07) is 7.07. The fourth-order valence-electron chi connectivity index (χ4n) is 1.40. The first-order valence-corrected chi connectivity index (χ1v) is 7.20. The number of hydrogen-bond acceptors (Lipinski definition) is 2. The number of anilines is 2. The topological polar surface area (TPSA) is 58.2 Å². The van der Waals surface area contributed by atoms with E-state index >= 15 is 0 Å². The van der Waals surface area contributed by atoms with Gasteiger partial charge in [-0.15, -0.1) is 0 Å². The minimum absolute atomic E-state index is 0.0304. The van der Waals surface area contributed by atoms with Crippen LogP contribution in [0, 0.1) is 5.92 Å². The molecular formula is C14H19BrN2O2. The maximum atomic E-state index is 11.8. The van der Waals surface area contributed by atoms with Gasteiger partial charge in [0.15, 0.2) is 0 Å². The van der Waals surface area contributed by atoms with Crippen molar-refractivity contribution in [1.82, 2.24) is 0 Å². The molecule has 2 N–H and O–H groups in total. The molecule has 19 heavy (non-hydrogen) atoms. The summed E-state index contributed by atoms with van der Waals surface area (Å²) in [6.07, 6.45) is 0.443. The molecule has 2 amide bonds. The number of hydrogen-bond donors (Lipinski definition) is 2. The third kappa shape index (κ3) is 5.03. The van der Waals surface area contributed by atoms with Crippen LogP contribution in [0.15, 0.2) is 24.3 Å². The Morgan fingerprint density at radius 2 is 1.58 bits per heavy atom. The molecule has 0 heterocycles. The van der Waals surface area contributed by atoms with Crippen molar-refractivity contribution in [2.45, 2.75) is 32.0 Å². The van der Waals surface area contributed by atoms with Gasteiger partial charge < -0.3 is 10.6 Å². The lowest BCUT2D eigenvalue weighted by molar-refractivity contribution is -0.116. The Kier molecular flexibility index (Phi) is 6.02. The van der Waals surface area contributed by atoms with Gasteiger partial charge in [0.05, 0.1) is 4.83 Å². The number of carbonyl (C=O) groups excluding carboxylic acids is 2. The minimum atomic E-state index is -0.216. The van der Waals surface area contributed by atoms with Crippen molar-refractivity contribution in [3.63, 3.8) is 0 Å². The van der Waals surface area contributed by atoms with Crippen molar-refractivity contribution >= 4 is 39.1 Å². The van der Waals surface area contributed by atoms with E-state index in [1.807, 2.05) is 13.8 Å². The standard InChI is InChI=1S/C14H19BrN2O2/c1-4-12(18)16-10-5-7-11(8-6-10)17-14(19)13(15)9(2)3/h5-9,13H,4H2,1-3H3,(H,16,18)(H,17,19). The molecule has 0 saturated heterocycles. The summed E-state index contributed by atoms with van der Waals surface area (Å²) in [5.74, 6) is 0.126. The van der Waals surface area contributed by atoms with E-state index in [2.05, 4.69) is 26.6 Å². The highest BCUT2D eigenvalue weighted by atomic mass is 79.9. The molecular weight excluding hydrogens is 308 g/mol. The largest absolute Gasteiger partial charge is 0.326 e. The van der Waals surface area contributed by atoms with Crippen LogP contribution in [-0.4, -0.2) is 16.6 Å². The lowest BCUT2D eigenvalue weighted by atomic mass is 10.1. The van der Waals surface area contributed by atoms with Crippen molar-refractivity contribution in [1.29, 1.82) is 0 Å². The van der Waals surface area contributed by atoms with Crippen LogP contribution in [0.5, 0.6) is 0 Å². The molecule has 4 nitrogen and oxygen atoms in total. The summed E-state index contributed by atoms with van der Waals surface area (Å²) in [7, 11) is 0. The Labute approximate surface area is 122 Å². The fourth-order valence-corrected chi connectivity index (χ4v) is 1.51. The van der Waals surface area contributed by atoms with Gasteiger partial charge >= 0.3 is 0 Å². The Morgan fingerprint density at radius 3 is 2.00 bits per heavy atom. The molecule has 0 aliphatic carbocycles. The Hall–Kier alpha value is -1.36. The molecule has 0 aromatic heterocycles. The molecule has 0 fully saturated rings. The van der Waals surface area contributed by atoms with Crippen molar-refractivity contribution in [2.24, 2.45) is 5.92 Å². The first kappa shape index (κ1) is 15.7. The van der Waals surface area contributed by atoms with Gasteiger partial charge in [-0.25, -0.2) is 0 Å². The highest BCUT2D eigenvalue weighted by Gasteiger charge is 2.18. The number of amides is 2. The lowest BCUT2D eigenvalue weighted by Crippen LogP contribution is -2.26. The summed E-state index contributed by atoms with van der Waals surface area (Å²) < 4.78 is 0. The second-order valence-corrected chi connectivity index (χ2v) is 5.60. The van der Waals surface area contributed by atoms with Crippen molar-refractivity contribution in [2.75, 3.05) is 10.6 Å². The SMILES string of the molecule is CCC(=O)Nc1ccc(NC(=O)C(Br)C(C)C)cc1. The lowest BCUT2D eigenvalue weighted by Gasteiger charge is -2.14. The predicted molar refractivity (Wildman–Crippen MR) is 81.5 cm³/mol. The molecule has 1 atom stereocenters. The van der Waals surface area contributed by atoms with Crippen LogP contribution in [0.4, 0.5) is 11.4 Å². The smallest absolute Gasteiger partial charge is 0.238 e. The highest BCUT2D eigenvalue weighted by molar-refractivity contribution is 9.10. The van der Waals surface area contributed by atoms with E-state index in [9.17, 15) is 9.59 Å². The van der Waals surface area contributed by atoms with E-state index in [-0.39, 0.29) is 22.6 Å². The molecule has 0 saturated carbocycles. The van der Waals surface area contributed by atoms with Gasteiger partial charge in [-0.2, -0.15) is 0 Å². The quantitative estimate of drug-likeness (QED) is 0.815. The molecule has 0 spiro atoms. The van der Waals surface area contributed by atoms with Gasteiger partial charge in [0.25, 0.3) is 0 Å². The molecule has 5 heteroatoms. The average Bonchev–Trinajstić information content (AvgIpc) is 2.39. The number of rotatable bonds is 5. The highest BCUT2D eigenvalue weighted by Crippen LogP contribution is 2.17. The van der Waals surface area contributed by atoms with Gasteiger partial charge in [-0.3, -0.25) is 9.59 Å². The molecule has 1 unspecified atom stereocenters. The fraction of sp³-hybridized carbons (Fsp3) is 0.429. The second kappa shape index (κ2) is 7.28. The van der Waals surface area contributed by atoms with Crippen LogP contribution in [0.3, 0.4) is 0 Å². The van der Waals surface area contributed by atoms with Crippen LogP contribution >= 0.6 is 15.9 Å². The maximum absolute atomic E-state index is 11.8. The number of alkyl halides is 1. The zero-order chi connectivity index (χ0) is 14.4. The number of benzene rings is 1. The van der Waals surface area contributed by atoms with E-state index in [0.717, 1.165) is 5.69 Å². The molecule has 1 aromatic carbocycles.